The van der Waals surface area contributed by atoms with Crippen LogP contribution in [0.4, 0.5) is 32.0 Å². The van der Waals surface area contributed by atoms with Crippen LogP contribution in [-0.2, 0) is 28.4 Å². The zero-order valence-corrected chi connectivity index (χ0v) is 25.3. The van der Waals surface area contributed by atoms with Crippen LogP contribution < -0.4 is 10.6 Å². The van der Waals surface area contributed by atoms with Crippen molar-refractivity contribution in [2.24, 2.45) is 0 Å². The monoisotopic (exact) mass is 663 g/mol. The lowest BCUT2D eigenvalue weighted by molar-refractivity contribution is -0.143. The normalized spacial score (nSPS) is 11.7. The SMILES string of the molecule is CCOC(=O)CCNC(=O)c1ccc(-c2cc(C(F)(F)F)cc(C)c2CNc2ccc(-c3ccc(C(F)(F)F)cc3)c(Cl)c2)cn1. The number of rotatable bonds is 10. The van der Waals surface area contributed by atoms with Crippen molar-refractivity contribution >= 4 is 29.2 Å². The van der Waals surface area contributed by atoms with E-state index in [0.29, 0.717) is 33.5 Å². The van der Waals surface area contributed by atoms with Gasteiger partial charge in [-0.1, -0.05) is 35.9 Å². The van der Waals surface area contributed by atoms with Gasteiger partial charge in [0, 0.05) is 36.1 Å². The van der Waals surface area contributed by atoms with Crippen molar-refractivity contribution in [3.05, 3.63) is 106 Å². The second kappa shape index (κ2) is 14.2. The highest BCUT2D eigenvalue weighted by Crippen LogP contribution is 2.37. The average Bonchev–Trinajstić information content (AvgIpc) is 2.99. The molecule has 0 saturated heterocycles. The predicted octanol–water partition coefficient (Wildman–Crippen LogP) is 8.71. The van der Waals surface area contributed by atoms with E-state index in [1.807, 2.05) is 0 Å². The van der Waals surface area contributed by atoms with Crippen molar-refractivity contribution in [1.29, 1.82) is 0 Å². The quantitative estimate of drug-likeness (QED) is 0.131. The fourth-order valence-corrected chi connectivity index (χ4v) is 4.94. The van der Waals surface area contributed by atoms with Gasteiger partial charge in [0.05, 0.1) is 29.2 Å². The Morgan fingerprint density at radius 3 is 2.11 bits per heavy atom. The summed E-state index contributed by atoms with van der Waals surface area (Å²) in [5.41, 5.74) is 1.35. The van der Waals surface area contributed by atoms with E-state index in [1.54, 1.807) is 32.0 Å². The van der Waals surface area contributed by atoms with Crippen LogP contribution in [0, 0.1) is 6.92 Å². The molecule has 2 N–H and O–H groups in total. The van der Waals surface area contributed by atoms with Gasteiger partial charge in [0.1, 0.15) is 5.69 Å². The summed E-state index contributed by atoms with van der Waals surface area (Å²) in [6.07, 6.45) is -7.81. The largest absolute Gasteiger partial charge is 0.466 e. The molecule has 0 unspecified atom stereocenters. The van der Waals surface area contributed by atoms with Crippen LogP contribution >= 0.6 is 11.6 Å². The molecule has 0 bridgehead atoms. The van der Waals surface area contributed by atoms with E-state index >= 15 is 0 Å². The number of carbonyl (C=O) groups is 2. The number of hydrogen-bond acceptors (Lipinski definition) is 5. The number of alkyl halides is 6. The number of benzene rings is 3. The molecule has 46 heavy (non-hydrogen) atoms. The Balaban J connectivity index is 1.55. The Morgan fingerprint density at radius 2 is 1.52 bits per heavy atom. The minimum atomic E-state index is -4.61. The van der Waals surface area contributed by atoms with E-state index in [-0.39, 0.29) is 42.4 Å². The number of carbonyl (C=O) groups excluding carboxylic acids is 2. The Bertz CT molecular complexity index is 1710. The first-order chi connectivity index (χ1) is 21.7. The molecule has 0 spiro atoms. The highest BCUT2D eigenvalue weighted by molar-refractivity contribution is 6.33. The minimum absolute atomic E-state index is 0.0127. The number of hydrogen-bond donors (Lipinski definition) is 2. The van der Waals surface area contributed by atoms with E-state index < -0.39 is 35.4 Å². The molecule has 4 aromatic rings. The highest BCUT2D eigenvalue weighted by atomic mass is 35.5. The van der Waals surface area contributed by atoms with Crippen LogP contribution in [0.5, 0.6) is 0 Å². The first-order valence-corrected chi connectivity index (χ1v) is 14.4. The molecule has 242 valence electrons. The maximum absolute atomic E-state index is 13.8. The number of pyridine rings is 1. The van der Waals surface area contributed by atoms with Crippen LogP contribution in [-0.4, -0.2) is 30.0 Å². The average molecular weight is 664 g/mol. The van der Waals surface area contributed by atoms with Gasteiger partial charge in [0.15, 0.2) is 0 Å². The summed E-state index contributed by atoms with van der Waals surface area (Å²) in [4.78, 5) is 28.1. The van der Waals surface area contributed by atoms with Gasteiger partial charge in [0.2, 0.25) is 0 Å². The summed E-state index contributed by atoms with van der Waals surface area (Å²) >= 11 is 6.46. The third-order valence-corrected chi connectivity index (χ3v) is 7.30. The van der Waals surface area contributed by atoms with Gasteiger partial charge < -0.3 is 15.4 Å². The summed E-state index contributed by atoms with van der Waals surface area (Å²) in [5, 5.41) is 5.96. The van der Waals surface area contributed by atoms with Crippen molar-refractivity contribution in [3.8, 4) is 22.3 Å². The lowest BCUT2D eigenvalue weighted by atomic mass is 9.93. The van der Waals surface area contributed by atoms with Gasteiger partial charge in [-0.05, 0) is 78.6 Å². The van der Waals surface area contributed by atoms with E-state index in [1.165, 1.54) is 30.5 Å². The van der Waals surface area contributed by atoms with Crippen LogP contribution in [0.25, 0.3) is 22.3 Å². The molecular weight excluding hydrogens is 636 g/mol. The van der Waals surface area contributed by atoms with E-state index in [2.05, 4.69) is 15.6 Å². The molecule has 3 aromatic carbocycles. The molecule has 1 amide bonds. The van der Waals surface area contributed by atoms with Crippen LogP contribution in [0.15, 0.2) is 72.9 Å². The van der Waals surface area contributed by atoms with Crippen molar-refractivity contribution in [2.45, 2.75) is 39.2 Å². The molecule has 0 aliphatic rings. The Hall–Kier alpha value is -4.58. The zero-order chi connectivity index (χ0) is 33.6. The summed E-state index contributed by atoms with van der Waals surface area (Å²) in [7, 11) is 0. The van der Waals surface area contributed by atoms with Crippen molar-refractivity contribution < 1.29 is 40.7 Å². The number of ether oxygens (including phenoxy) is 1. The molecule has 0 aliphatic heterocycles. The number of anilines is 1. The van der Waals surface area contributed by atoms with Crippen LogP contribution in [0.3, 0.4) is 0 Å². The van der Waals surface area contributed by atoms with Crippen molar-refractivity contribution in [3.63, 3.8) is 0 Å². The maximum Gasteiger partial charge on any atom is 0.416 e. The molecule has 1 aromatic heterocycles. The molecule has 0 aliphatic carbocycles. The third-order valence-electron chi connectivity index (χ3n) is 6.99. The van der Waals surface area contributed by atoms with Crippen LogP contribution in [0.2, 0.25) is 5.02 Å². The molecule has 0 radical (unpaired) electrons. The van der Waals surface area contributed by atoms with Crippen molar-refractivity contribution in [2.75, 3.05) is 18.5 Å². The Labute approximate surface area is 265 Å². The number of halogens is 7. The maximum atomic E-state index is 13.8. The Morgan fingerprint density at radius 1 is 0.848 bits per heavy atom. The highest BCUT2D eigenvalue weighted by Gasteiger charge is 2.32. The molecule has 6 nitrogen and oxygen atoms in total. The van der Waals surface area contributed by atoms with Gasteiger partial charge in [0.25, 0.3) is 5.91 Å². The number of esters is 1. The summed E-state index contributed by atoms with van der Waals surface area (Å²) in [6.45, 7) is 3.55. The molecule has 0 atom stereocenters. The smallest absolute Gasteiger partial charge is 0.416 e. The number of aromatic nitrogens is 1. The van der Waals surface area contributed by atoms with Gasteiger partial charge in [-0.25, -0.2) is 0 Å². The topological polar surface area (TPSA) is 80.3 Å². The van der Waals surface area contributed by atoms with Gasteiger partial charge in [-0.2, -0.15) is 26.3 Å². The number of aryl methyl sites for hydroxylation is 1. The summed E-state index contributed by atoms with van der Waals surface area (Å²) in [6, 6.07) is 14.4. The second-order valence-electron chi connectivity index (χ2n) is 10.2. The first kappa shape index (κ1) is 34.3. The lowest BCUT2D eigenvalue weighted by Gasteiger charge is -2.18. The zero-order valence-electron chi connectivity index (χ0n) is 24.6. The Kier molecular flexibility index (Phi) is 10.6. The van der Waals surface area contributed by atoms with Crippen LogP contribution in [0.1, 0.15) is 46.1 Å². The predicted molar refractivity (Wildman–Crippen MR) is 162 cm³/mol. The minimum Gasteiger partial charge on any atom is -0.466 e. The van der Waals surface area contributed by atoms with Gasteiger partial charge >= 0.3 is 18.3 Å². The molecule has 1 heterocycles. The van der Waals surface area contributed by atoms with Gasteiger partial charge in [-0.15, -0.1) is 0 Å². The number of nitrogens with zero attached hydrogens (tertiary/aromatic N) is 1. The van der Waals surface area contributed by atoms with Crippen molar-refractivity contribution in [1.82, 2.24) is 10.3 Å². The summed E-state index contributed by atoms with van der Waals surface area (Å²) in [5.74, 6) is -1.03. The second-order valence-corrected chi connectivity index (χ2v) is 10.6. The fourth-order valence-electron chi connectivity index (χ4n) is 4.65. The van der Waals surface area contributed by atoms with E-state index in [0.717, 1.165) is 24.3 Å². The summed E-state index contributed by atoms with van der Waals surface area (Å²) < 4.78 is 84.9. The van der Waals surface area contributed by atoms with E-state index in [9.17, 15) is 35.9 Å². The fraction of sp³-hybridized carbons (Fsp3) is 0.242. The number of nitrogens with one attached hydrogen (secondary N) is 2. The molecule has 4 rings (SSSR count). The number of amides is 1. The standard InChI is InChI=1S/C33H28ClF6N3O3/c1-3-46-30(44)12-13-41-31(45)29-11-6-21(17-43-29)26-15-23(33(38,39)40)14-19(2)27(26)18-42-24-9-10-25(28(34)16-24)20-4-7-22(8-5-20)32(35,36)37/h4-11,14-17,42H,3,12-13,18H2,1-2H3,(H,41,45). The molecular formula is C33H28ClF6N3O3. The molecule has 0 fully saturated rings. The first-order valence-electron chi connectivity index (χ1n) is 14.0. The lowest BCUT2D eigenvalue weighted by Crippen LogP contribution is -2.27. The third kappa shape index (κ3) is 8.57. The van der Waals surface area contributed by atoms with E-state index in [4.69, 9.17) is 16.3 Å². The van der Waals surface area contributed by atoms with Gasteiger partial charge in [-0.3, -0.25) is 14.6 Å². The molecule has 0 saturated carbocycles. The molecule has 13 heteroatoms.